The van der Waals surface area contributed by atoms with E-state index in [0.29, 0.717) is 28.8 Å². The van der Waals surface area contributed by atoms with Crippen molar-refractivity contribution < 1.29 is 9.53 Å². The number of rotatable bonds is 6. The second-order valence-corrected chi connectivity index (χ2v) is 6.06. The second kappa shape index (κ2) is 8.51. The first kappa shape index (κ1) is 18.7. The molecular formula is C20H19ClN4O2. The van der Waals surface area contributed by atoms with Gasteiger partial charge in [-0.15, -0.1) is 0 Å². The Labute approximate surface area is 162 Å². The molecular weight excluding hydrogens is 364 g/mol. The van der Waals surface area contributed by atoms with Crippen molar-refractivity contribution >= 4 is 34.8 Å². The fourth-order valence-corrected chi connectivity index (χ4v) is 2.84. The van der Waals surface area contributed by atoms with Crippen LogP contribution in [0.3, 0.4) is 0 Å². The van der Waals surface area contributed by atoms with E-state index < -0.39 is 0 Å². The van der Waals surface area contributed by atoms with Crippen molar-refractivity contribution in [3.05, 3.63) is 71.5 Å². The molecule has 1 aromatic heterocycles. The van der Waals surface area contributed by atoms with Crippen LogP contribution >= 0.6 is 11.6 Å². The third-order valence-corrected chi connectivity index (χ3v) is 4.23. The number of carbonyl (C=O) groups is 1. The number of benzene rings is 2. The summed E-state index contributed by atoms with van der Waals surface area (Å²) in [6.45, 7) is 2.47. The van der Waals surface area contributed by atoms with Gasteiger partial charge in [0.1, 0.15) is 5.75 Å². The Morgan fingerprint density at radius 3 is 2.44 bits per heavy atom. The van der Waals surface area contributed by atoms with Gasteiger partial charge in [-0.3, -0.25) is 4.79 Å². The van der Waals surface area contributed by atoms with Crippen LogP contribution < -0.4 is 15.0 Å². The lowest BCUT2D eigenvalue weighted by Gasteiger charge is -2.20. The van der Waals surface area contributed by atoms with Gasteiger partial charge in [0.2, 0.25) is 5.95 Å². The zero-order chi connectivity index (χ0) is 19.2. The molecule has 0 spiro atoms. The van der Waals surface area contributed by atoms with Gasteiger partial charge in [0, 0.05) is 30.3 Å². The molecule has 138 valence electrons. The molecule has 1 heterocycles. The van der Waals surface area contributed by atoms with E-state index in [0.717, 1.165) is 11.4 Å². The van der Waals surface area contributed by atoms with E-state index in [4.69, 9.17) is 16.3 Å². The van der Waals surface area contributed by atoms with Crippen molar-refractivity contribution in [1.29, 1.82) is 0 Å². The summed E-state index contributed by atoms with van der Waals surface area (Å²) >= 11 is 6.12. The lowest BCUT2D eigenvalue weighted by atomic mass is 10.2. The molecule has 0 aliphatic carbocycles. The number of carbonyl (C=O) groups excluding carboxylic acids is 1. The van der Waals surface area contributed by atoms with Crippen LogP contribution in [0.2, 0.25) is 5.02 Å². The monoisotopic (exact) mass is 382 g/mol. The van der Waals surface area contributed by atoms with E-state index in [9.17, 15) is 4.79 Å². The van der Waals surface area contributed by atoms with Crippen molar-refractivity contribution in [2.75, 3.05) is 23.9 Å². The second-order valence-electron chi connectivity index (χ2n) is 5.65. The van der Waals surface area contributed by atoms with Gasteiger partial charge in [0.15, 0.2) is 0 Å². The van der Waals surface area contributed by atoms with E-state index >= 15 is 0 Å². The average Bonchev–Trinajstić information content (AvgIpc) is 2.70. The number of hydrogen-bond acceptors (Lipinski definition) is 5. The molecule has 0 saturated carbocycles. The van der Waals surface area contributed by atoms with Crippen molar-refractivity contribution in [3.8, 4) is 5.75 Å². The zero-order valence-electron chi connectivity index (χ0n) is 15.0. The topological polar surface area (TPSA) is 67.4 Å². The van der Waals surface area contributed by atoms with E-state index in [1.165, 1.54) is 12.4 Å². The minimum absolute atomic E-state index is 0.150. The quantitative estimate of drug-likeness (QED) is 0.677. The molecule has 0 bridgehead atoms. The number of para-hydroxylation sites is 1. The summed E-state index contributed by atoms with van der Waals surface area (Å²) in [4.78, 5) is 22.9. The predicted octanol–water partition coefficient (Wildman–Crippen LogP) is 4.55. The first-order valence-electron chi connectivity index (χ1n) is 8.42. The Hall–Kier alpha value is -3.12. The molecule has 1 N–H and O–H groups in total. The fourth-order valence-electron chi connectivity index (χ4n) is 2.58. The minimum Gasteiger partial charge on any atom is -0.495 e. The number of ether oxygens (including phenoxy) is 1. The molecule has 3 rings (SSSR count). The molecule has 6 nitrogen and oxygen atoms in total. The minimum atomic E-state index is -0.150. The number of halogens is 1. The maximum Gasteiger partial charge on any atom is 0.261 e. The van der Waals surface area contributed by atoms with E-state index in [1.54, 1.807) is 30.2 Å². The maximum atomic E-state index is 12.8. The molecule has 0 fully saturated rings. The molecule has 0 aliphatic rings. The summed E-state index contributed by atoms with van der Waals surface area (Å²) in [6.07, 6.45) is 3.02. The highest BCUT2D eigenvalue weighted by Gasteiger charge is 2.16. The van der Waals surface area contributed by atoms with Crippen LogP contribution in [0.4, 0.5) is 17.3 Å². The molecule has 7 heteroatoms. The van der Waals surface area contributed by atoms with Crippen LogP contribution in [0.25, 0.3) is 0 Å². The molecule has 1 amide bonds. The molecule has 27 heavy (non-hydrogen) atoms. The number of hydrogen-bond donors (Lipinski definition) is 1. The molecule has 0 saturated heterocycles. The molecule has 0 atom stereocenters. The van der Waals surface area contributed by atoms with Gasteiger partial charge in [-0.05, 0) is 37.3 Å². The van der Waals surface area contributed by atoms with Crippen LogP contribution in [0.5, 0.6) is 5.75 Å². The standard InChI is InChI=1S/C20H19ClN4O2/c1-3-25(16-7-5-4-6-8-16)19(26)14-12-22-20(23-13-14)24-15-9-10-18(27-2)17(21)11-15/h4-13H,3H2,1-2H3,(H,22,23,24). The van der Waals surface area contributed by atoms with Gasteiger partial charge >= 0.3 is 0 Å². The number of nitrogens with zero attached hydrogens (tertiary/aromatic N) is 3. The van der Waals surface area contributed by atoms with Gasteiger partial charge < -0.3 is 15.0 Å². The van der Waals surface area contributed by atoms with Crippen LogP contribution in [-0.4, -0.2) is 29.5 Å². The van der Waals surface area contributed by atoms with E-state index in [2.05, 4.69) is 15.3 Å². The Bertz CT molecular complexity index is 917. The predicted molar refractivity (Wildman–Crippen MR) is 107 cm³/mol. The van der Waals surface area contributed by atoms with Gasteiger partial charge in [0.05, 0.1) is 17.7 Å². The third kappa shape index (κ3) is 4.35. The summed E-state index contributed by atoms with van der Waals surface area (Å²) in [6, 6.07) is 14.8. The highest BCUT2D eigenvalue weighted by atomic mass is 35.5. The molecule has 3 aromatic rings. The van der Waals surface area contributed by atoms with Crippen LogP contribution in [0.1, 0.15) is 17.3 Å². The number of anilines is 3. The van der Waals surface area contributed by atoms with E-state index in [-0.39, 0.29) is 5.91 Å². The molecule has 0 radical (unpaired) electrons. The summed E-state index contributed by atoms with van der Waals surface area (Å²) in [7, 11) is 1.56. The Balaban J connectivity index is 1.74. The highest BCUT2D eigenvalue weighted by molar-refractivity contribution is 6.32. The van der Waals surface area contributed by atoms with Crippen molar-refractivity contribution in [1.82, 2.24) is 9.97 Å². The number of nitrogens with one attached hydrogen (secondary N) is 1. The van der Waals surface area contributed by atoms with Crippen LogP contribution in [0, 0.1) is 0 Å². The summed E-state index contributed by atoms with van der Waals surface area (Å²) in [5.41, 5.74) is 1.97. The Kier molecular flexibility index (Phi) is 5.88. The maximum absolute atomic E-state index is 12.8. The van der Waals surface area contributed by atoms with Gasteiger partial charge in [-0.25, -0.2) is 9.97 Å². The van der Waals surface area contributed by atoms with E-state index in [1.807, 2.05) is 37.3 Å². The summed E-state index contributed by atoms with van der Waals surface area (Å²) < 4.78 is 5.13. The number of aromatic nitrogens is 2. The van der Waals surface area contributed by atoms with Gasteiger partial charge in [-0.1, -0.05) is 29.8 Å². The van der Waals surface area contributed by atoms with Crippen LogP contribution in [-0.2, 0) is 0 Å². The lowest BCUT2D eigenvalue weighted by Crippen LogP contribution is -2.30. The van der Waals surface area contributed by atoms with Crippen molar-refractivity contribution in [3.63, 3.8) is 0 Å². The van der Waals surface area contributed by atoms with Gasteiger partial charge in [0.25, 0.3) is 5.91 Å². The Morgan fingerprint density at radius 1 is 1.15 bits per heavy atom. The van der Waals surface area contributed by atoms with Crippen LogP contribution in [0.15, 0.2) is 60.9 Å². The van der Waals surface area contributed by atoms with Crippen molar-refractivity contribution in [2.45, 2.75) is 6.92 Å². The van der Waals surface area contributed by atoms with Gasteiger partial charge in [-0.2, -0.15) is 0 Å². The fraction of sp³-hybridized carbons (Fsp3) is 0.150. The smallest absolute Gasteiger partial charge is 0.261 e. The summed E-state index contributed by atoms with van der Waals surface area (Å²) in [5.74, 6) is 0.808. The van der Waals surface area contributed by atoms with Crippen molar-refractivity contribution in [2.24, 2.45) is 0 Å². The first-order valence-corrected chi connectivity index (χ1v) is 8.79. The average molecular weight is 383 g/mol. The number of amides is 1. The summed E-state index contributed by atoms with van der Waals surface area (Å²) in [5, 5.41) is 3.53. The molecule has 2 aromatic carbocycles. The zero-order valence-corrected chi connectivity index (χ0v) is 15.8. The molecule has 0 unspecified atom stereocenters. The molecule has 0 aliphatic heterocycles. The lowest BCUT2D eigenvalue weighted by molar-refractivity contribution is 0.0987. The number of methoxy groups -OCH3 is 1. The normalized spacial score (nSPS) is 10.3. The highest BCUT2D eigenvalue weighted by Crippen LogP contribution is 2.28. The Morgan fingerprint density at radius 2 is 1.85 bits per heavy atom. The SMILES string of the molecule is CCN(C(=O)c1cnc(Nc2ccc(OC)c(Cl)c2)nc1)c1ccccc1. The third-order valence-electron chi connectivity index (χ3n) is 3.94. The first-order chi connectivity index (χ1) is 13.1. The largest absolute Gasteiger partial charge is 0.495 e.